The SMILES string of the molecule is CCC1(CC)CN(Cc2ccccc2)CCC1=O. The summed E-state index contributed by atoms with van der Waals surface area (Å²) in [6.45, 7) is 7.10. The molecule has 0 amide bonds. The number of piperidine rings is 1. The molecule has 18 heavy (non-hydrogen) atoms. The van der Waals surface area contributed by atoms with Gasteiger partial charge in [-0.3, -0.25) is 9.69 Å². The lowest BCUT2D eigenvalue weighted by molar-refractivity contribution is -0.134. The van der Waals surface area contributed by atoms with Crippen molar-refractivity contribution in [2.75, 3.05) is 13.1 Å². The maximum atomic E-state index is 12.1. The summed E-state index contributed by atoms with van der Waals surface area (Å²) in [5.41, 5.74) is 1.25. The summed E-state index contributed by atoms with van der Waals surface area (Å²) in [4.78, 5) is 14.6. The molecule has 1 aliphatic rings. The lowest BCUT2D eigenvalue weighted by atomic mass is 9.74. The number of nitrogens with zero attached hydrogens (tertiary/aromatic N) is 1. The second-order valence-electron chi connectivity index (χ2n) is 5.36. The van der Waals surface area contributed by atoms with Crippen LogP contribution >= 0.6 is 0 Å². The highest BCUT2D eigenvalue weighted by Crippen LogP contribution is 2.34. The van der Waals surface area contributed by atoms with Crippen molar-refractivity contribution in [3.8, 4) is 0 Å². The van der Waals surface area contributed by atoms with Crippen LogP contribution in [-0.2, 0) is 11.3 Å². The minimum Gasteiger partial charge on any atom is -0.299 e. The molecular formula is C16H23NO. The van der Waals surface area contributed by atoms with Gasteiger partial charge in [0, 0.05) is 31.5 Å². The molecule has 0 radical (unpaired) electrons. The Morgan fingerprint density at radius 1 is 1.17 bits per heavy atom. The average Bonchev–Trinajstić information content (AvgIpc) is 2.42. The van der Waals surface area contributed by atoms with Crippen LogP contribution in [0.2, 0.25) is 0 Å². The van der Waals surface area contributed by atoms with Crippen LogP contribution in [-0.4, -0.2) is 23.8 Å². The number of Topliss-reactive ketones (excluding diaryl/α,β-unsaturated/α-hetero) is 1. The summed E-state index contributed by atoms with van der Waals surface area (Å²) in [7, 11) is 0. The van der Waals surface area contributed by atoms with Gasteiger partial charge in [0.2, 0.25) is 0 Å². The van der Waals surface area contributed by atoms with E-state index in [0.717, 1.165) is 32.5 Å². The molecule has 2 heteroatoms. The van der Waals surface area contributed by atoms with Crippen LogP contribution in [0.25, 0.3) is 0 Å². The van der Waals surface area contributed by atoms with Gasteiger partial charge < -0.3 is 0 Å². The zero-order valence-corrected chi connectivity index (χ0v) is 11.5. The number of rotatable bonds is 4. The predicted octanol–water partition coefficient (Wildman–Crippen LogP) is 3.27. The Balaban J connectivity index is 2.06. The molecule has 0 spiro atoms. The lowest BCUT2D eigenvalue weighted by Crippen LogP contribution is -2.48. The Morgan fingerprint density at radius 2 is 1.83 bits per heavy atom. The van der Waals surface area contributed by atoms with Crippen molar-refractivity contribution in [2.45, 2.75) is 39.7 Å². The van der Waals surface area contributed by atoms with Gasteiger partial charge in [0.25, 0.3) is 0 Å². The van der Waals surface area contributed by atoms with Gasteiger partial charge in [-0.15, -0.1) is 0 Å². The standard InChI is InChI=1S/C16H23NO/c1-3-16(4-2)13-17(11-10-15(16)18)12-14-8-6-5-7-9-14/h5-9H,3-4,10-13H2,1-2H3. The number of carbonyl (C=O) groups excluding carboxylic acids is 1. The van der Waals surface area contributed by atoms with Gasteiger partial charge in [-0.05, 0) is 18.4 Å². The van der Waals surface area contributed by atoms with E-state index in [4.69, 9.17) is 0 Å². The molecule has 0 N–H and O–H groups in total. The van der Waals surface area contributed by atoms with E-state index in [1.165, 1.54) is 5.56 Å². The quantitative estimate of drug-likeness (QED) is 0.811. The van der Waals surface area contributed by atoms with Crippen molar-refractivity contribution in [1.29, 1.82) is 0 Å². The van der Waals surface area contributed by atoms with Crippen LogP contribution in [0.15, 0.2) is 30.3 Å². The number of likely N-dealkylation sites (tertiary alicyclic amines) is 1. The van der Waals surface area contributed by atoms with Gasteiger partial charge in [0.05, 0.1) is 0 Å². The topological polar surface area (TPSA) is 20.3 Å². The molecule has 0 aromatic heterocycles. The van der Waals surface area contributed by atoms with Gasteiger partial charge >= 0.3 is 0 Å². The predicted molar refractivity (Wildman–Crippen MR) is 74.4 cm³/mol. The average molecular weight is 245 g/mol. The number of ketones is 1. The summed E-state index contributed by atoms with van der Waals surface area (Å²) in [5.74, 6) is 0.469. The van der Waals surface area contributed by atoms with Crippen molar-refractivity contribution in [3.63, 3.8) is 0 Å². The Bertz CT molecular complexity index is 395. The highest BCUT2D eigenvalue weighted by Gasteiger charge is 2.39. The summed E-state index contributed by atoms with van der Waals surface area (Å²) in [6, 6.07) is 10.5. The van der Waals surface area contributed by atoms with Crippen LogP contribution < -0.4 is 0 Å². The van der Waals surface area contributed by atoms with Gasteiger partial charge in [-0.2, -0.15) is 0 Å². The fourth-order valence-electron chi connectivity index (χ4n) is 2.96. The molecule has 1 saturated heterocycles. The van der Waals surface area contributed by atoms with E-state index in [0.29, 0.717) is 12.2 Å². The van der Waals surface area contributed by atoms with Crippen LogP contribution in [0, 0.1) is 5.41 Å². The smallest absolute Gasteiger partial charge is 0.141 e. The number of carbonyl (C=O) groups is 1. The minimum atomic E-state index is -0.0902. The monoisotopic (exact) mass is 245 g/mol. The van der Waals surface area contributed by atoms with E-state index < -0.39 is 0 Å². The highest BCUT2D eigenvalue weighted by molar-refractivity contribution is 5.85. The van der Waals surface area contributed by atoms with Crippen LogP contribution in [0.1, 0.15) is 38.7 Å². The molecule has 1 aromatic carbocycles. The van der Waals surface area contributed by atoms with E-state index in [1.807, 2.05) is 6.07 Å². The van der Waals surface area contributed by atoms with E-state index in [1.54, 1.807) is 0 Å². The molecule has 0 bridgehead atoms. The molecule has 0 unspecified atom stereocenters. The normalized spacial score (nSPS) is 20.0. The maximum Gasteiger partial charge on any atom is 0.141 e. The molecule has 2 nitrogen and oxygen atoms in total. The molecule has 2 rings (SSSR count). The molecule has 1 heterocycles. The van der Waals surface area contributed by atoms with E-state index in [9.17, 15) is 4.79 Å². The van der Waals surface area contributed by atoms with Crippen LogP contribution in [0.3, 0.4) is 0 Å². The third kappa shape index (κ3) is 2.64. The Labute approximate surface area is 110 Å². The third-order valence-corrected chi connectivity index (χ3v) is 4.38. The highest BCUT2D eigenvalue weighted by atomic mass is 16.1. The summed E-state index contributed by atoms with van der Waals surface area (Å²) < 4.78 is 0. The first-order chi connectivity index (χ1) is 8.70. The van der Waals surface area contributed by atoms with Crippen molar-refractivity contribution in [1.82, 2.24) is 4.90 Å². The summed E-state index contributed by atoms with van der Waals surface area (Å²) >= 11 is 0. The molecule has 98 valence electrons. The van der Waals surface area contributed by atoms with Gasteiger partial charge in [0.1, 0.15) is 5.78 Å². The zero-order valence-electron chi connectivity index (χ0n) is 11.5. The van der Waals surface area contributed by atoms with Gasteiger partial charge in [-0.25, -0.2) is 0 Å². The van der Waals surface area contributed by atoms with E-state index >= 15 is 0 Å². The molecular weight excluding hydrogens is 222 g/mol. The molecule has 0 saturated carbocycles. The first-order valence-electron chi connectivity index (χ1n) is 7.00. The minimum absolute atomic E-state index is 0.0902. The van der Waals surface area contributed by atoms with Crippen LogP contribution in [0.5, 0.6) is 0 Å². The van der Waals surface area contributed by atoms with Crippen molar-refractivity contribution >= 4 is 5.78 Å². The van der Waals surface area contributed by atoms with E-state index in [2.05, 4.69) is 43.0 Å². The molecule has 0 atom stereocenters. The second kappa shape index (κ2) is 5.66. The number of benzene rings is 1. The second-order valence-corrected chi connectivity index (χ2v) is 5.36. The Morgan fingerprint density at radius 3 is 2.44 bits per heavy atom. The number of hydrogen-bond donors (Lipinski definition) is 0. The largest absolute Gasteiger partial charge is 0.299 e. The molecule has 0 aliphatic carbocycles. The number of hydrogen-bond acceptors (Lipinski definition) is 2. The summed E-state index contributed by atoms with van der Waals surface area (Å²) in [5, 5.41) is 0. The zero-order chi connectivity index (χ0) is 13.0. The Hall–Kier alpha value is -1.15. The van der Waals surface area contributed by atoms with Crippen molar-refractivity contribution < 1.29 is 4.79 Å². The first kappa shape index (κ1) is 13.3. The van der Waals surface area contributed by atoms with Crippen LogP contribution in [0.4, 0.5) is 0 Å². The van der Waals surface area contributed by atoms with E-state index in [-0.39, 0.29) is 5.41 Å². The molecule has 1 aromatic rings. The van der Waals surface area contributed by atoms with Gasteiger partial charge in [-0.1, -0.05) is 44.2 Å². The third-order valence-electron chi connectivity index (χ3n) is 4.38. The Kier molecular flexibility index (Phi) is 4.18. The fraction of sp³-hybridized carbons (Fsp3) is 0.562. The maximum absolute atomic E-state index is 12.1. The lowest BCUT2D eigenvalue weighted by Gasteiger charge is -2.40. The molecule has 1 fully saturated rings. The first-order valence-corrected chi connectivity index (χ1v) is 7.00. The fourth-order valence-corrected chi connectivity index (χ4v) is 2.96. The van der Waals surface area contributed by atoms with Crippen molar-refractivity contribution in [2.24, 2.45) is 5.41 Å². The van der Waals surface area contributed by atoms with Crippen molar-refractivity contribution in [3.05, 3.63) is 35.9 Å². The van der Waals surface area contributed by atoms with Gasteiger partial charge in [0.15, 0.2) is 0 Å². The summed E-state index contributed by atoms with van der Waals surface area (Å²) in [6.07, 6.45) is 2.65. The molecule has 1 aliphatic heterocycles.